The van der Waals surface area contributed by atoms with E-state index in [1.165, 1.54) is 35.0 Å². The molecule has 158 valence electrons. The molecule has 4 aromatic rings. The standard InChI is InChI=1S/C22H17F3N4O2/c1-13-9-14(2)11-15(10-13)27-21(30)18-12-26-20-8-7-17(28-29(18)20)16-5-3-4-6-19(16)31-22(23,24)25/h3-12H,1-2H3,(H,27,30). The fraction of sp³-hybridized carbons (Fsp3) is 0.136. The molecule has 1 amide bonds. The van der Waals surface area contributed by atoms with E-state index >= 15 is 0 Å². The topological polar surface area (TPSA) is 68.5 Å². The Bertz CT molecular complexity index is 1260. The number of amides is 1. The Kier molecular flexibility index (Phi) is 5.10. The largest absolute Gasteiger partial charge is 0.573 e. The van der Waals surface area contributed by atoms with Gasteiger partial charge < -0.3 is 10.1 Å². The molecule has 4 rings (SSSR count). The molecule has 0 fully saturated rings. The van der Waals surface area contributed by atoms with E-state index in [9.17, 15) is 18.0 Å². The summed E-state index contributed by atoms with van der Waals surface area (Å²) in [6.07, 6.45) is -3.48. The smallest absolute Gasteiger partial charge is 0.405 e. The first-order chi connectivity index (χ1) is 14.7. The van der Waals surface area contributed by atoms with Crippen molar-refractivity contribution in [3.8, 4) is 17.0 Å². The van der Waals surface area contributed by atoms with E-state index in [1.54, 1.807) is 12.1 Å². The summed E-state index contributed by atoms with van der Waals surface area (Å²) in [6.45, 7) is 3.84. The second-order valence-electron chi connectivity index (χ2n) is 7.01. The van der Waals surface area contributed by atoms with E-state index < -0.39 is 12.3 Å². The number of para-hydroxylation sites is 1. The number of hydrogen-bond acceptors (Lipinski definition) is 4. The van der Waals surface area contributed by atoms with E-state index in [4.69, 9.17) is 0 Å². The van der Waals surface area contributed by atoms with Crippen LogP contribution in [0.2, 0.25) is 0 Å². The number of carbonyl (C=O) groups is 1. The van der Waals surface area contributed by atoms with Crippen LogP contribution in [0.5, 0.6) is 5.75 Å². The van der Waals surface area contributed by atoms with Crippen molar-refractivity contribution in [2.24, 2.45) is 0 Å². The van der Waals surface area contributed by atoms with Crippen LogP contribution in [-0.2, 0) is 0 Å². The number of aromatic nitrogens is 3. The van der Waals surface area contributed by atoms with Gasteiger partial charge >= 0.3 is 6.36 Å². The van der Waals surface area contributed by atoms with E-state index in [1.807, 2.05) is 32.0 Å². The highest BCUT2D eigenvalue weighted by molar-refractivity contribution is 6.03. The molecular weight excluding hydrogens is 409 g/mol. The van der Waals surface area contributed by atoms with Gasteiger partial charge in [0.25, 0.3) is 5.91 Å². The zero-order valence-electron chi connectivity index (χ0n) is 16.6. The summed E-state index contributed by atoms with van der Waals surface area (Å²) in [7, 11) is 0. The number of nitrogens with zero attached hydrogens (tertiary/aromatic N) is 3. The Morgan fingerprint density at radius 2 is 1.74 bits per heavy atom. The minimum Gasteiger partial charge on any atom is -0.405 e. The molecule has 9 heteroatoms. The Morgan fingerprint density at radius 3 is 2.45 bits per heavy atom. The minimum absolute atomic E-state index is 0.135. The number of hydrogen-bond donors (Lipinski definition) is 1. The van der Waals surface area contributed by atoms with Crippen molar-refractivity contribution < 1.29 is 22.7 Å². The Hall–Kier alpha value is -3.88. The summed E-state index contributed by atoms with van der Waals surface area (Å²) < 4.78 is 43.7. The third-order valence-electron chi connectivity index (χ3n) is 4.46. The molecule has 0 aliphatic rings. The lowest BCUT2D eigenvalue weighted by molar-refractivity contribution is -0.274. The van der Waals surface area contributed by atoms with Gasteiger partial charge in [0.2, 0.25) is 0 Å². The van der Waals surface area contributed by atoms with Crippen molar-refractivity contribution >= 4 is 17.2 Å². The van der Waals surface area contributed by atoms with Crippen LogP contribution in [0.25, 0.3) is 16.9 Å². The Labute approximate surface area is 175 Å². The highest BCUT2D eigenvalue weighted by atomic mass is 19.4. The normalized spacial score (nSPS) is 11.5. The average molecular weight is 426 g/mol. The Morgan fingerprint density at radius 1 is 1.03 bits per heavy atom. The first-order valence-corrected chi connectivity index (χ1v) is 9.29. The molecule has 31 heavy (non-hydrogen) atoms. The van der Waals surface area contributed by atoms with Crippen molar-refractivity contribution in [2.75, 3.05) is 5.32 Å². The lowest BCUT2D eigenvalue weighted by Gasteiger charge is -2.13. The third kappa shape index (κ3) is 4.50. The van der Waals surface area contributed by atoms with Crippen molar-refractivity contribution in [2.45, 2.75) is 20.2 Å². The Balaban J connectivity index is 1.71. The monoisotopic (exact) mass is 426 g/mol. The SMILES string of the molecule is Cc1cc(C)cc(NC(=O)c2cnc3ccc(-c4ccccc4OC(F)(F)F)nn23)c1. The molecule has 2 aromatic carbocycles. The van der Waals surface area contributed by atoms with Gasteiger partial charge in [-0.3, -0.25) is 4.79 Å². The molecular formula is C22H17F3N4O2. The number of ether oxygens (including phenoxy) is 1. The van der Waals surface area contributed by atoms with Crippen LogP contribution in [0.4, 0.5) is 18.9 Å². The molecule has 0 unspecified atom stereocenters. The maximum Gasteiger partial charge on any atom is 0.573 e. The molecule has 0 aliphatic heterocycles. The van der Waals surface area contributed by atoms with Gasteiger partial charge in [0.1, 0.15) is 5.75 Å². The summed E-state index contributed by atoms with van der Waals surface area (Å²) in [6, 6.07) is 14.4. The minimum atomic E-state index is -4.84. The van der Waals surface area contributed by atoms with Crippen LogP contribution in [-0.4, -0.2) is 26.9 Å². The summed E-state index contributed by atoms with van der Waals surface area (Å²) >= 11 is 0. The van der Waals surface area contributed by atoms with E-state index in [0.29, 0.717) is 11.3 Å². The zero-order chi connectivity index (χ0) is 22.2. The van der Waals surface area contributed by atoms with Crippen LogP contribution < -0.4 is 10.1 Å². The number of aryl methyl sites for hydroxylation is 2. The second-order valence-corrected chi connectivity index (χ2v) is 7.01. The van der Waals surface area contributed by atoms with Gasteiger partial charge in [0.05, 0.1) is 11.9 Å². The van der Waals surface area contributed by atoms with Gasteiger partial charge in [-0.25, -0.2) is 9.50 Å². The molecule has 1 N–H and O–H groups in total. The van der Waals surface area contributed by atoms with Crippen molar-refractivity contribution in [3.63, 3.8) is 0 Å². The summed E-state index contributed by atoms with van der Waals surface area (Å²) in [5.74, 6) is -0.829. The van der Waals surface area contributed by atoms with Crippen LogP contribution >= 0.6 is 0 Å². The first-order valence-electron chi connectivity index (χ1n) is 9.29. The highest BCUT2D eigenvalue weighted by Gasteiger charge is 2.32. The maximum atomic E-state index is 12.8. The fourth-order valence-corrected chi connectivity index (χ4v) is 3.31. The summed E-state index contributed by atoms with van der Waals surface area (Å²) in [5.41, 5.74) is 3.47. The number of imidazole rings is 1. The molecule has 0 radical (unpaired) electrons. The van der Waals surface area contributed by atoms with Crippen LogP contribution in [0.15, 0.2) is 60.8 Å². The average Bonchev–Trinajstić information content (AvgIpc) is 3.09. The molecule has 0 saturated heterocycles. The predicted molar refractivity (Wildman–Crippen MR) is 109 cm³/mol. The van der Waals surface area contributed by atoms with Crippen LogP contribution in [0.3, 0.4) is 0 Å². The predicted octanol–water partition coefficient (Wildman–Crippen LogP) is 5.16. The summed E-state index contributed by atoms with van der Waals surface area (Å²) in [4.78, 5) is 17.0. The highest BCUT2D eigenvalue weighted by Crippen LogP contribution is 2.32. The molecule has 2 heterocycles. The van der Waals surface area contributed by atoms with E-state index in [0.717, 1.165) is 11.1 Å². The van der Waals surface area contributed by atoms with Crippen molar-refractivity contribution in [1.82, 2.24) is 14.6 Å². The van der Waals surface area contributed by atoms with Gasteiger partial charge in [-0.15, -0.1) is 13.2 Å². The number of benzene rings is 2. The maximum absolute atomic E-state index is 12.8. The zero-order valence-corrected chi connectivity index (χ0v) is 16.6. The lowest BCUT2D eigenvalue weighted by atomic mass is 10.1. The van der Waals surface area contributed by atoms with Crippen molar-refractivity contribution in [1.29, 1.82) is 0 Å². The van der Waals surface area contributed by atoms with E-state index in [-0.39, 0.29) is 22.7 Å². The van der Waals surface area contributed by atoms with Gasteiger partial charge in [-0.2, -0.15) is 5.10 Å². The summed E-state index contributed by atoms with van der Waals surface area (Å²) in [5, 5.41) is 7.15. The third-order valence-corrected chi connectivity index (χ3v) is 4.46. The second kappa shape index (κ2) is 7.75. The molecule has 0 atom stereocenters. The molecule has 0 aliphatic carbocycles. The first kappa shape index (κ1) is 20.4. The van der Waals surface area contributed by atoms with Gasteiger partial charge in [-0.1, -0.05) is 18.2 Å². The number of alkyl halides is 3. The van der Waals surface area contributed by atoms with Crippen molar-refractivity contribution in [3.05, 3.63) is 77.6 Å². The molecule has 6 nitrogen and oxygen atoms in total. The molecule has 0 spiro atoms. The molecule has 0 saturated carbocycles. The van der Waals surface area contributed by atoms with E-state index in [2.05, 4.69) is 20.1 Å². The number of anilines is 1. The van der Waals surface area contributed by atoms with Crippen LogP contribution in [0.1, 0.15) is 21.6 Å². The number of rotatable bonds is 4. The number of carbonyl (C=O) groups excluding carboxylic acids is 1. The molecule has 2 aromatic heterocycles. The fourth-order valence-electron chi connectivity index (χ4n) is 3.31. The lowest BCUT2D eigenvalue weighted by Crippen LogP contribution is -2.18. The van der Waals surface area contributed by atoms with Gasteiger partial charge in [0, 0.05) is 11.3 Å². The van der Waals surface area contributed by atoms with Gasteiger partial charge in [0.15, 0.2) is 11.3 Å². The molecule has 0 bridgehead atoms. The quantitative estimate of drug-likeness (QED) is 0.489. The van der Waals surface area contributed by atoms with Gasteiger partial charge in [-0.05, 0) is 61.4 Å². The number of halogens is 3. The van der Waals surface area contributed by atoms with Crippen LogP contribution in [0, 0.1) is 13.8 Å². The number of fused-ring (bicyclic) bond motifs is 1. The number of nitrogens with one attached hydrogen (secondary N) is 1.